The van der Waals surface area contributed by atoms with Crippen LogP contribution in [0.5, 0.6) is 0 Å². The minimum Gasteiger partial charge on any atom is -0.356 e. The molecule has 6 nitrogen and oxygen atoms in total. The van der Waals surface area contributed by atoms with E-state index in [2.05, 4.69) is 9.84 Å². The second kappa shape index (κ2) is 12.5. The summed E-state index contributed by atoms with van der Waals surface area (Å²) < 4.78 is 4.63. The van der Waals surface area contributed by atoms with Gasteiger partial charge in [-0.1, -0.05) is 12.8 Å². The molecule has 0 aliphatic heterocycles. The van der Waals surface area contributed by atoms with Crippen LogP contribution in [0.15, 0.2) is 0 Å². The largest absolute Gasteiger partial charge is 0.356 e. The number of unbranched alkanes of at least 4 members (excludes halogenated alkanes) is 3. The van der Waals surface area contributed by atoms with Crippen molar-refractivity contribution in [3.63, 3.8) is 0 Å². The third-order valence-electron chi connectivity index (χ3n) is 2.53. The summed E-state index contributed by atoms with van der Waals surface area (Å²) in [6, 6.07) is 0. The Morgan fingerprint density at radius 1 is 1.05 bits per heavy atom. The molecule has 7 heteroatoms. The van der Waals surface area contributed by atoms with Crippen molar-refractivity contribution in [3.8, 4) is 0 Å². The molecule has 1 amide bonds. The van der Waals surface area contributed by atoms with Crippen LogP contribution in [0.4, 0.5) is 0 Å². The summed E-state index contributed by atoms with van der Waals surface area (Å²) in [5, 5.41) is 2.81. The molecule has 0 fully saturated rings. The molecule has 0 aromatic rings. The van der Waals surface area contributed by atoms with Gasteiger partial charge in [0, 0.05) is 19.4 Å². The van der Waals surface area contributed by atoms with E-state index >= 15 is 0 Å². The van der Waals surface area contributed by atoms with E-state index in [-0.39, 0.29) is 11.7 Å². The van der Waals surface area contributed by atoms with Crippen LogP contribution in [-0.2, 0) is 14.1 Å². The van der Waals surface area contributed by atoms with E-state index in [9.17, 15) is 9.59 Å². The minimum absolute atomic E-state index is 0.00390. The van der Waals surface area contributed by atoms with Crippen LogP contribution >= 0.6 is 8.60 Å². The van der Waals surface area contributed by atoms with Gasteiger partial charge in [-0.05, 0) is 26.2 Å². The molecule has 0 aliphatic rings. The second-order valence-electron chi connectivity index (χ2n) is 4.41. The maximum Gasteiger partial charge on any atom is 0.327 e. The number of nitrogens with one attached hydrogen (secondary N) is 1. The molecule has 0 spiro atoms. The number of hydrogen-bond donors (Lipinski definition) is 3. The lowest BCUT2D eigenvalue weighted by atomic mass is 10.2. The highest BCUT2D eigenvalue weighted by Gasteiger charge is 2.02. The van der Waals surface area contributed by atoms with Crippen molar-refractivity contribution in [2.45, 2.75) is 51.9 Å². The number of Topliss-reactive ketones (excluding diaryl/α,β-unsaturated/α-hetero) is 1. The Balaban J connectivity index is 3.20. The van der Waals surface area contributed by atoms with Crippen LogP contribution in [0, 0.1) is 0 Å². The van der Waals surface area contributed by atoms with Gasteiger partial charge in [0.15, 0.2) is 0 Å². The third-order valence-corrected chi connectivity index (χ3v) is 2.95. The summed E-state index contributed by atoms with van der Waals surface area (Å²) >= 11 is 0. The van der Waals surface area contributed by atoms with E-state index in [4.69, 9.17) is 9.79 Å². The lowest BCUT2D eigenvalue weighted by molar-refractivity contribution is -0.121. The molecular weight excluding hydrogens is 269 g/mol. The number of ketones is 1. The fraction of sp³-hybridized carbons (Fsp3) is 0.833. The van der Waals surface area contributed by atoms with Gasteiger partial charge in [0.05, 0.1) is 6.61 Å². The molecule has 0 aromatic heterocycles. The fourth-order valence-electron chi connectivity index (χ4n) is 1.54. The van der Waals surface area contributed by atoms with Crippen LogP contribution in [0.25, 0.3) is 0 Å². The molecule has 3 N–H and O–H groups in total. The van der Waals surface area contributed by atoms with Crippen LogP contribution < -0.4 is 5.32 Å². The summed E-state index contributed by atoms with van der Waals surface area (Å²) in [5.74, 6) is 0.111. The van der Waals surface area contributed by atoms with Gasteiger partial charge < -0.3 is 24.4 Å². The SMILES string of the molecule is CC(=O)CCCC(=O)NCCCCCCOP(O)O. The van der Waals surface area contributed by atoms with E-state index in [0.717, 1.165) is 25.7 Å². The van der Waals surface area contributed by atoms with Crippen LogP contribution in [-0.4, -0.2) is 34.6 Å². The highest BCUT2D eigenvalue weighted by atomic mass is 31.2. The van der Waals surface area contributed by atoms with Crippen molar-refractivity contribution in [2.24, 2.45) is 0 Å². The molecule has 0 aliphatic carbocycles. The van der Waals surface area contributed by atoms with Crippen molar-refractivity contribution in [1.82, 2.24) is 5.32 Å². The first-order chi connectivity index (χ1) is 9.02. The highest BCUT2D eigenvalue weighted by molar-refractivity contribution is 7.39. The maximum atomic E-state index is 11.3. The summed E-state index contributed by atoms with van der Waals surface area (Å²) in [5.41, 5.74) is 0. The molecule has 0 atom stereocenters. The zero-order valence-corrected chi connectivity index (χ0v) is 12.3. The van der Waals surface area contributed by atoms with Gasteiger partial charge in [-0.3, -0.25) is 4.79 Å². The monoisotopic (exact) mass is 293 g/mol. The van der Waals surface area contributed by atoms with Gasteiger partial charge in [-0.2, -0.15) is 0 Å². The van der Waals surface area contributed by atoms with Crippen molar-refractivity contribution in [3.05, 3.63) is 0 Å². The molecule has 0 heterocycles. The summed E-state index contributed by atoms with van der Waals surface area (Å²) in [4.78, 5) is 39.0. The summed E-state index contributed by atoms with van der Waals surface area (Å²) in [7, 11) is -2.23. The summed E-state index contributed by atoms with van der Waals surface area (Å²) in [6.45, 7) is 2.53. The first-order valence-corrected chi connectivity index (χ1v) is 7.76. The van der Waals surface area contributed by atoms with Crippen molar-refractivity contribution < 1.29 is 23.9 Å². The lowest BCUT2D eigenvalue weighted by Gasteiger charge is -2.05. The first kappa shape index (κ1) is 18.4. The van der Waals surface area contributed by atoms with Gasteiger partial charge in [-0.15, -0.1) is 0 Å². The van der Waals surface area contributed by atoms with Crippen molar-refractivity contribution >= 4 is 20.3 Å². The zero-order valence-electron chi connectivity index (χ0n) is 11.4. The molecular formula is C12H24NO5P. The molecule has 0 saturated carbocycles. The molecule has 19 heavy (non-hydrogen) atoms. The highest BCUT2D eigenvalue weighted by Crippen LogP contribution is 2.24. The standard InChI is InChI=1S/C12H24NO5P/c1-11(14)7-6-8-12(15)13-9-4-2-3-5-10-18-19(16)17/h16-17H,2-10H2,1H3,(H,13,15). The van der Waals surface area contributed by atoms with E-state index in [1.807, 2.05) is 0 Å². The molecule has 0 rings (SSSR count). The minimum atomic E-state index is -2.23. The Hall–Kier alpha value is -0.550. The average Bonchev–Trinajstić information content (AvgIpc) is 2.31. The molecule has 0 bridgehead atoms. The summed E-state index contributed by atoms with van der Waals surface area (Å²) in [6.07, 6.45) is 5.06. The molecule has 0 saturated heterocycles. The van der Waals surface area contributed by atoms with Gasteiger partial charge in [0.2, 0.25) is 5.91 Å². The number of carbonyl (C=O) groups excluding carboxylic acids is 2. The smallest absolute Gasteiger partial charge is 0.327 e. The predicted molar refractivity (Wildman–Crippen MR) is 73.3 cm³/mol. The Kier molecular flexibility index (Phi) is 12.1. The normalized spacial score (nSPS) is 10.7. The molecule has 0 unspecified atom stereocenters. The fourth-order valence-corrected chi connectivity index (χ4v) is 1.83. The lowest BCUT2D eigenvalue weighted by Crippen LogP contribution is -2.24. The van der Waals surface area contributed by atoms with Gasteiger partial charge in [0.1, 0.15) is 5.78 Å². The Morgan fingerprint density at radius 2 is 1.74 bits per heavy atom. The Morgan fingerprint density at radius 3 is 2.37 bits per heavy atom. The van der Waals surface area contributed by atoms with E-state index < -0.39 is 8.60 Å². The quantitative estimate of drug-likeness (QED) is 0.375. The molecule has 112 valence electrons. The van der Waals surface area contributed by atoms with Crippen molar-refractivity contribution in [2.75, 3.05) is 13.2 Å². The topological polar surface area (TPSA) is 95.9 Å². The van der Waals surface area contributed by atoms with Crippen molar-refractivity contribution in [1.29, 1.82) is 0 Å². The maximum absolute atomic E-state index is 11.3. The predicted octanol–water partition coefficient (Wildman–Crippen LogP) is 1.65. The van der Waals surface area contributed by atoms with Gasteiger partial charge >= 0.3 is 8.60 Å². The third kappa shape index (κ3) is 15.4. The Bertz CT molecular complexity index is 261. The zero-order chi connectivity index (χ0) is 14.5. The van der Waals surface area contributed by atoms with Gasteiger partial charge in [-0.25, -0.2) is 0 Å². The van der Waals surface area contributed by atoms with Crippen LogP contribution in [0.3, 0.4) is 0 Å². The number of carbonyl (C=O) groups is 2. The average molecular weight is 293 g/mol. The Labute approximate surface area is 115 Å². The number of rotatable bonds is 12. The number of hydrogen-bond acceptors (Lipinski definition) is 5. The first-order valence-electron chi connectivity index (χ1n) is 6.59. The molecule has 0 radical (unpaired) electrons. The van der Waals surface area contributed by atoms with Gasteiger partial charge in [0.25, 0.3) is 0 Å². The number of amides is 1. The van der Waals surface area contributed by atoms with E-state index in [1.54, 1.807) is 0 Å². The second-order valence-corrected chi connectivity index (χ2v) is 5.17. The van der Waals surface area contributed by atoms with Crippen LogP contribution in [0.1, 0.15) is 51.9 Å². The van der Waals surface area contributed by atoms with E-state index in [1.165, 1.54) is 6.92 Å². The molecule has 0 aromatic carbocycles. The van der Waals surface area contributed by atoms with Crippen LogP contribution in [0.2, 0.25) is 0 Å². The van der Waals surface area contributed by atoms with E-state index in [0.29, 0.717) is 32.4 Å².